The van der Waals surface area contributed by atoms with Crippen LogP contribution in [-0.2, 0) is 17.8 Å². The van der Waals surface area contributed by atoms with Crippen LogP contribution in [0, 0.1) is 13.8 Å². The molecule has 0 atom stereocenters. The molecule has 1 amide bonds. The first-order valence-corrected chi connectivity index (χ1v) is 10.2. The van der Waals surface area contributed by atoms with E-state index in [2.05, 4.69) is 41.1 Å². The Morgan fingerprint density at radius 1 is 0.966 bits per heavy atom. The van der Waals surface area contributed by atoms with Crippen LogP contribution in [0.25, 0.3) is 11.5 Å². The maximum Gasteiger partial charge on any atom is 0.228 e. The van der Waals surface area contributed by atoms with Gasteiger partial charge in [0.2, 0.25) is 11.8 Å². The third kappa shape index (κ3) is 4.57. The fraction of sp³-hybridized carbons (Fsp3) is 0.333. The molecule has 1 saturated heterocycles. The van der Waals surface area contributed by atoms with Crippen LogP contribution in [0.1, 0.15) is 22.6 Å². The molecule has 5 nitrogen and oxygen atoms in total. The number of carbonyl (C=O) groups is 1. The van der Waals surface area contributed by atoms with Crippen LogP contribution < -0.4 is 0 Å². The van der Waals surface area contributed by atoms with Gasteiger partial charge in [-0.05, 0) is 37.1 Å². The number of hydrogen-bond acceptors (Lipinski definition) is 4. The average Bonchev–Trinajstić information content (AvgIpc) is 3.11. The van der Waals surface area contributed by atoms with Crippen molar-refractivity contribution in [2.45, 2.75) is 26.8 Å². The highest BCUT2D eigenvalue weighted by Crippen LogP contribution is 2.22. The predicted octanol–water partition coefficient (Wildman–Crippen LogP) is 3.85. The Bertz CT molecular complexity index is 973. The molecule has 2 aromatic carbocycles. The number of carbonyl (C=O) groups excluding carboxylic acids is 1. The topological polar surface area (TPSA) is 49.6 Å². The van der Waals surface area contributed by atoms with Crippen LogP contribution in [-0.4, -0.2) is 46.9 Å². The normalized spacial score (nSPS) is 14.9. The molecule has 0 aliphatic carbocycles. The standard InChI is InChI=1S/C24H27N3O2/c1-18-8-6-7-11-21(18)17-26-12-14-27(15-13-26)23(28)16-22-19(2)29-24(25-22)20-9-4-3-5-10-20/h3-11H,12-17H2,1-2H3. The number of benzene rings is 2. The molecule has 4 rings (SSSR count). The zero-order valence-corrected chi connectivity index (χ0v) is 17.1. The maximum absolute atomic E-state index is 12.8. The molecule has 150 valence electrons. The summed E-state index contributed by atoms with van der Waals surface area (Å²) in [5.41, 5.74) is 4.34. The van der Waals surface area contributed by atoms with Gasteiger partial charge in [0.15, 0.2) is 0 Å². The highest BCUT2D eigenvalue weighted by molar-refractivity contribution is 5.78. The van der Waals surface area contributed by atoms with Crippen LogP contribution in [0.2, 0.25) is 0 Å². The van der Waals surface area contributed by atoms with E-state index in [1.54, 1.807) is 0 Å². The zero-order chi connectivity index (χ0) is 20.2. The first-order chi connectivity index (χ1) is 14.1. The Morgan fingerprint density at radius 2 is 1.66 bits per heavy atom. The van der Waals surface area contributed by atoms with Gasteiger partial charge in [0.05, 0.1) is 12.1 Å². The number of hydrogen-bond donors (Lipinski definition) is 0. The molecule has 3 aromatic rings. The van der Waals surface area contributed by atoms with Crippen molar-refractivity contribution in [2.75, 3.05) is 26.2 Å². The molecule has 0 N–H and O–H groups in total. The second-order valence-electron chi connectivity index (χ2n) is 7.65. The first kappa shape index (κ1) is 19.4. The lowest BCUT2D eigenvalue weighted by Crippen LogP contribution is -2.48. The van der Waals surface area contributed by atoms with Gasteiger partial charge >= 0.3 is 0 Å². The molecule has 0 unspecified atom stereocenters. The van der Waals surface area contributed by atoms with E-state index < -0.39 is 0 Å². The van der Waals surface area contributed by atoms with Gasteiger partial charge in [0.1, 0.15) is 5.76 Å². The number of aromatic nitrogens is 1. The Balaban J connectivity index is 1.33. The lowest BCUT2D eigenvalue weighted by molar-refractivity contribution is -0.132. The fourth-order valence-electron chi connectivity index (χ4n) is 3.74. The number of nitrogens with zero attached hydrogens (tertiary/aromatic N) is 3. The summed E-state index contributed by atoms with van der Waals surface area (Å²) >= 11 is 0. The van der Waals surface area contributed by atoms with Crippen LogP contribution in [0.15, 0.2) is 59.0 Å². The van der Waals surface area contributed by atoms with Gasteiger partial charge in [-0.25, -0.2) is 4.98 Å². The minimum absolute atomic E-state index is 0.122. The number of rotatable bonds is 5. The van der Waals surface area contributed by atoms with E-state index >= 15 is 0 Å². The van der Waals surface area contributed by atoms with Gasteiger partial charge in [-0.15, -0.1) is 0 Å². The molecule has 1 aliphatic heterocycles. The molecule has 0 saturated carbocycles. The highest BCUT2D eigenvalue weighted by atomic mass is 16.4. The van der Waals surface area contributed by atoms with Crippen LogP contribution in [0.3, 0.4) is 0 Å². The largest absolute Gasteiger partial charge is 0.441 e. The van der Waals surface area contributed by atoms with Crippen LogP contribution in [0.4, 0.5) is 0 Å². The lowest BCUT2D eigenvalue weighted by Gasteiger charge is -2.35. The second kappa shape index (κ2) is 8.62. The van der Waals surface area contributed by atoms with Crippen LogP contribution >= 0.6 is 0 Å². The molecule has 1 fully saturated rings. The predicted molar refractivity (Wildman–Crippen MR) is 113 cm³/mol. The SMILES string of the molecule is Cc1ccccc1CN1CCN(C(=O)Cc2nc(-c3ccccc3)oc2C)CC1. The van der Waals surface area contributed by atoms with E-state index in [-0.39, 0.29) is 5.91 Å². The summed E-state index contributed by atoms with van der Waals surface area (Å²) in [7, 11) is 0. The molecule has 0 bridgehead atoms. The van der Waals surface area contributed by atoms with E-state index in [9.17, 15) is 4.79 Å². The monoisotopic (exact) mass is 389 g/mol. The fourth-order valence-corrected chi connectivity index (χ4v) is 3.74. The maximum atomic E-state index is 12.8. The van der Waals surface area contributed by atoms with E-state index in [4.69, 9.17) is 4.42 Å². The summed E-state index contributed by atoms with van der Waals surface area (Å²) in [6.07, 6.45) is 0.292. The van der Waals surface area contributed by atoms with Gasteiger partial charge in [-0.2, -0.15) is 0 Å². The minimum Gasteiger partial charge on any atom is -0.441 e. The van der Waals surface area contributed by atoms with Gasteiger partial charge in [0, 0.05) is 38.3 Å². The van der Waals surface area contributed by atoms with E-state index in [0.29, 0.717) is 12.3 Å². The third-order valence-corrected chi connectivity index (χ3v) is 5.61. The van der Waals surface area contributed by atoms with Gasteiger partial charge in [-0.3, -0.25) is 9.69 Å². The number of oxazole rings is 1. The van der Waals surface area contributed by atoms with Gasteiger partial charge in [-0.1, -0.05) is 42.5 Å². The summed E-state index contributed by atoms with van der Waals surface area (Å²) in [5, 5.41) is 0. The molecular formula is C24H27N3O2. The van der Waals surface area contributed by atoms with Crippen molar-refractivity contribution in [1.29, 1.82) is 0 Å². The van der Waals surface area contributed by atoms with Gasteiger partial charge < -0.3 is 9.32 Å². The van der Waals surface area contributed by atoms with Crippen molar-refractivity contribution in [3.05, 3.63) is 77.2 Å². The Kier molecular flexibility index (Phi) is 5.76. The average molecular weight is 389 g/mol. The van der Waals surface area contributed by atoms with E-state index in [1.165, 1.54) is 11.1 Å². The number of piperazine rings is 1. The lowest BCUT2D eigenvalue weighted by atomic mass is 10.1. The summed E-state index contributed by atoms with van der Waals surface area (Å²) in [6, 6.07) is 18.3. The van der Waals surface area contributed by atoms with Crippen molar-refractivity contribution in [1.82, 2.24) is 14.8 Å². The van der Waals surface area contributed by atoms with Crippen molar-refractivity contribution < 1.29 is 9.21 Å². The smallest absolute Gasteiger partial charge is 0.228 e. The van der Waals surface area contributed by atoms with Crippen molar-refractivity contribution in [2.24, 2.45) is 0 Å². The number of amides is 1. The summed E-state index contributed by atoms with van der Waals surface area (Å²) in [6.45, 7) is 8.28. The molecule has 5 heteroatoms. The van der Waals surface area contributed by atoms with Crippen molar-refractivity contribution in [3.8, 4) is 11.5 Å². The Hall–Kier alpha value is -2.92. The van der Waals surface area contributed by atoms with Crippen molar-refractivity contribution in [3.63, 3.8) is 0 Å². The molecule has 1 aromatic heterocycles. The second-order valence-corrected chi connectivity index (χ2v) is 7.65. The van der Waals surface area contributed by atoms with E-state index in [1.807, 2.05) is 42.2 Å². The highest BCUT2D eigenvalue weighted by Gasteiger charge is 2.23. The zero-order valence-electron chi connectivity index (χ0n) is 17.1. The van der Waals surface area contributed by atoms with E-state index in [0.717, 1.165) is 49.7 Å². The number of aryl methyl sites for hydroxylation is 2. The Morgan fingerprint density at radius 3 is 2.38 bits per heavy atom. The van der Waals surface area contributed by atoms with Crippen molar-refractivity contribution >= 4 is 5.91 Å². The molecule has 0 radical (unpaired) electrons. The molecule has 0 spiro atoms. The quantitative estimate of drug-likeness (QED) is 0.665. The minimum atomic E-state index is 0.122. The summed E-state index contributed by atoms with van der Waals surface area (Å²) in [5.74, 6) is 1.42. The molecular weight excluding hydrogens is 362 g/mol. The first-order valence-electron chi connectivity index (χ1n) is 10.2. The molecule has 29 heavy (non-hydrogen) atoms. The third-order valence-electron chi connectivity index (χ3n) is 5.61. The summed E-state index contributed by atoms with van der Waals surface area (Å²) in [4.78, 5) is 21.7. The molecule has 2 heterocycles. The molecule has 1 aliphatic rings. The Labute approximate surface area is 172 Å². The van der Waals surface area contributed by atoms with Crippen LogP contribution in [0.5, 0.6) is 0 Å². The summed E-state index contributed by atoms with van der Waals surface area (Å²) < 4.78 is 5.79. The van der Waals surface area contributed by atoms with Gasteiger partial charge in [0.25, 0.3) is 0 Å².